The second-order valence-corrected chi connectivity index (χ2v) is 7.72. The Morgan fingerprint density at radius 3 is 2.44 bits per heavy atom. The molecule has 1 amide bonds. The highest BCUT2D eigenvalue weighted by Gasteiger charge is 2.13. The second kappa shape index (κ2) is 8.30. The highest BCUT2D eigenvalue weighted by molar-refractivity contribution is 9.10. The Kier molecular flexibility index (Phi) is 6.37. The van der Waals surface area contributed by atoms with Crippen molar-refractivity contribution in [3.63, 3.8) is 0 Å². The van der Waals surface area contributed by atoms with Crippen LogP contribution in [-0.4, -0.2) is 18.2 Å². The summed E-state index contributed by atoms with van der Waals surface area (Å²) in [5.41, 5.74) is 5.49. The molecular weight excluding hydrogens is 380 g/mol. The van der Waals surface area contributed by atoms with Gasteiger partial charge in [-0.05, 0) is 47.7 Å². The van der Waals surface area contributed by atoms with E-state index in [9.17, 15) is 4.79 Å². The van der Waals surface area contributed by atoms with Crippen LogP contribution in [0.5, 0.6) is 5.75 Å². The number of carbonyl (C=O) groups excluding carboxylic acids is 1. The molecule has 2 aromatic carbocycles. The fourth-order valence-corrected chi connectivity index (χ4v) is 2.56. The SMILES string of the molecule is C/C(=N/NC(=O)COc1ccc(C(C)(C)C)cc1)c1cccc(Br)c1. The van der Waals surface area contributed by atoms with E-state index in [1.807, 2.05) is 55.5 Å². The lowest BCUT2D eigenvalue weighted by Gasteiger charge is -2.19. The Balaban J connectivity index is 1.87. The highest BCUT2D eigenvalue weighted by atomic mass is 79.9. The predicted octanol–water partition coefficient (Wildman–Crippen LogP) is 4.67. The molecule has 0 saturated heterocycles. The number of nitrogens with one attached hydrogen (secondary N) is 1. The van der Waals surface area contributed by atoms with Crippen LogP contribution in [-0.2, 0) is 10.2 Å². The Bertz CT molecular complexity index is 762. The second-order valence-electron chi connectivity index (χ2n) is 6.81. The molecule has 0 bridgehead atoms. The summed E-state index contributed by atoms with van der Waals surface area (Å²) in [6.45, 7) is 8.23. The lowest BCUT2D eigenvalue weighted by molar-refractivity contribution is -0.123. The molecule has 0 saturated carbocycles. The first kappa shape index (κ1) is 19.2. The first-order valence-corrected chi connectivity index (χ1v) is 8.87. The molecule has 0 aliphatic rings. The van der Waals surface area contributed by atoms with Crippen molar-refractivity contribution in [2.24, 2.45) is 5.10 Å². The molecule has 0 heterocycles. The molecule has 25 heavy (non-hydrogen) atoms. The van der Waals surface area contributed by atoms with Gasteiger partial charge in [-0.2, -0.15) is 5.10 Å². The molecule has 1 N–H and O–H groups in total. The highest BCUT2D eigenvalue weighted by Crippen LogP contribution is 2.24. The summed E-state index contributed by atoms with van der Waals surface area (Å²) in [5, 5.41) is 4.11. The number of hydrogen-bond acceptors (Lipinski definition) is 3. The van der Waals surface area contributed by atoms with Gasteiger partial charge in [0.1, 0.15) is 5.75 Å². The van der Waals surface area contributed by atoms with Crippen molar-refractivity contribution in [1.29, 1.82) is 0 Å². The number of nitrogens with zero attached hydrogens (tertiary/aromatic N) is 1. The normalized spacial score (nSPS) is 12.0. The van der Waals surface area contributed by atoms with Gasteiger partial charge in [-0.25, -0.2) is 5.43 Å². The van der Waals surface area contributed by atoms with Gasteiger partial charge in [0.05, 0.1) is 5.71 Å². The summed E-state index contributed by atoms with van der Waals surface area (Å²) >= 11 is 3.42. The van der Waals surface area contributed by atoms with Crippen LogP contribution >= 0.6 is 15.9 Å². The largest absolute Gasteiger partial charge is 0.484 e. The molecule has 0 unspecified atom stereocenters. The van der Waals surface area contributed by atoms with Gasteiger partial charge in [0.15, 0.2) is 6.61 Å². The first-order chi connectivity index (χ1) is 11.8. The minimum atomic E-state index is -0.297. The van der Waals surface area contributed by atoms with E-state index in [4.69, 9.17) is 4.74 Å². The van der Waals surface area contributed by atoms with Crippen LogP contribution in [0.3, 0.4) is 0 Å². The van der Waals surface area contributed by atoms with E-state index >= 15 is 0 Å². The zero-order valence-electron chi connectivity index (χ0n) is 15.0. The molecule has 0 aromatic heterocycles. The van der Waals surface area contributed by atoms with Gasteiger partial charge in [0.25, 0.3) is 5.91 Å². The average molecular weight is 403 g/mol. The quantitative estimate of drug-likeness (QED) is 0.583. The van der Waals surface area contributed by atoms with Crippen molar-refractivity contribution in [3.05, 3.63) is 64.1 Å². The molecule has 0 fully saturated rings. The fraction of sp³-hybridized carbons (Fsp3) is 0.300. The number of ether oxygens (including phenoxy) is 1. The summed E-state index contributed by atoms with van der Waals surface area (Å²) in [6.07, 6.45) is 0. The molecule has 0 aliphatic heterocycles. The monoisotopic (exact) mass is 402 g/mol. The molecule has 0 spiro atoms. The summed E-state index contributed by atoms with van der Waals surface area (Å²) in [6, 6.07) is 15.5. The maximum absolute atomic E-state index is 11.9. The number of amides is 1. The summed E-state index contributed by atoms with van der Waals surface area (Å²) < 4.78 is 6.47. The van der Waals surface area contributed by atoms with Gasteiger partial charge in [-0.15, -0.1) is 0 Å². The van der Waals surface area contributed by atoms with Gasteiger partial charge < -0.3 is 4.74 Å². The van der Waals surface area contributed by atoms with Gasteiger partial charge in [-0.3, -0.25) is 4.79 Å². The maximum Gasteiger partial charge on any atom is 0.277 e. The molecule has 2 aromatic rings. The van der Waals surface area contributed by atoms with E-state index in [1.54, 1.807) is 0 Å². The number of hydrazone groups is 1. The molecule has 2 rings (SSSR count). The summed E-state index contributed by atoms with van der Waals surface area (Å²) in [5.74, 6) is 0.366. The Hall–Kier alpha value is -2.14. The summed E-state index contributed by atoms with van der Waals surface area (Å²) in [4.78, 5) is 11.9. The van der Waals surface area contributed by atoms with Crippen molar-refractivity contribution >= 4 is 27.5 Å². The molecule has 132 valence electrons. The van der Waals surface area contributed by atoms with Crippen LogP contribution in [0.15, 0.2) is 58.1 Å². The molecule has 0 atom stereocenters. The Morgan fingerprint density at radius 1 is 1.16 bits per heavy atom. The minimum absolute atomic E-state index is 0.0792. The lowest BCUT2D eigenvalue weighted by atomic mass is 9.87. The Labute approximate surface area is 157 Å². The van der Waals surface area contributed by atoms with Gasteiger partial charge in [0, 0.05) is 4.47 Å². The van der Waals surface area contributed by atoms with E-state index in [2.05, 4.69) is 47.2 Å². The Morgan fingerprint density at radius 2 is 1.84 bits per heavy atom. The van der Waals surface area contributed by atoms with Crippen molar-refractivity contribution in [3.8, 4) is 5.75 Å². The number of hydrogen-bond donors (Lipinski definition) is 1. The van der Waals surface area contributed by atoms with Crippen LogP contribution in [0.25, 0.3) is 0 Å². The average Bonchev–Trinajstić information content (AvgIpc) is 2.57. The predicted molar refractivity (Wildman–Crippen MR) is 105 cm³/mol. The van der Waals surface area contributed by atoms with Gasteiger partial charge in [-0.1, -0.05) is 61.0 Å². The first-order valence-electron chi connectivity index (χ1n) is 8.08. The molecule has 5 heteroatoms. The van der Waals surface area contributed by atoms with Gasteiger partial charge >= 0.3 is 0 Å². The third-order valence-corrected chi connectivity index (χ3v) is 4.17. The smallest absolute Gasteiger partial charge is 0.277 e. The molecule has 4 nitrogen and oxygen atoms in total. The van der Waals surface area contributed by atoms with Crippen molar-refractivity contribution in [2.75, 3.05) is 6.61 Å². The molecule has 0 radical (unpaired) electrons. The number of rotatable bonds is 5. The van der Waals surface area contributed by atoms with E-state index in [-0.39, 0.29) is 17.9 Å². The molecule has 0 aliphatic carbocycles. The number of benzene rings is 2. The standard InChI is InChI=1S/C20H23BrN2O2/c1-14(15-6-5-7-17(21)12-15)22-23-19(24)13-25-18-10-8-16(9-11-18)20(2,3)4/h5-12H,13H2,1-4H3,(H,23,24)/b22-14-. The van der Waals surface area contributed by atoms with Crippen molar-refractivity contribution < 1.29 is 9.53 Å². The van der Waals surface area contributed by atoms with Crippen molar-refractivity contribution in [1.82, 2.24) is 5.43 Å². The summed E-state index contributed by atoms with van der Waals surface area (Å²) in [7, 11) is 0. The third-order valence-electron chi connectivity index (χ3n) is 3.68. The number of halogens is 1. The maximum atomic E-state index is 11.9. The number of carbonyl (C=O) groups is 1. The van der Waals surface area contributed by atoms with Crippen LogP contribution in [0.2, 0.25) is 0 Å². The van der Waals surface area contributed by atoms with Gasteiger partial charge in [0.2, 0.25) is 0 Å². The molecular formula is C20H23BrN2O2. The van der Waals surface area contributed by atoms with Crippen LogP contribution in [0.1, 0.15) is 38.8 Å². The zero-order valence-corrected chi connectivity index (χ0v) is 16.6. The van der Waals surface area contributed by atoms with E-state index in [0.29, 0.717) is 5.75 Å². The van der Waals surface area contributed by atoms with Crippen LogP contribution in [0.4, 0.5) is 0 Å². The van der Waals surface area contributed by atoms with E-state index in [0.717, 1.165) is 15.7 Å². The van der Waals surface area contributed by atoms with Crippen molar-refractivity contribution in [2.45, 2.75) is 33.1 Å². The fourth-order valence-electron chi connectivity index (χ4n) is 2.16. The zero-order chi connectivity index (χ0) is 18.4. The van der Waals surface area contributed by atoms with Crippen LogP contribution < -0.4 is 10.2 Å². The lowest BCUT2D eigenvalue weighted by Crippen LogP contribution is -2.25. The van der Waals surface area contributed by atoms with E-state index < -0.39 is 0 Å². The topological polar surface area (TPSA) is 50.7 Å². The van der Waals surface area contributed by atoms with Crippen LogP contribution in [0, 0.1) is 0 Å². The minimum Gasteiger partial charge on any atom is -0.484 e. The third kappa shape index (κ3) is 6.02. The van der Waals surface area contributed by atoms with E-state index in [1.165, 1.54) is 5.56 Å².